The number of nitrogens with one attached hydrogen (secondary N) is 1. The molecule has 0 aliphatic carbocycles. The number of hydrogen-bond donors (Lipinski definition) is 1. The molecule has 0 atom stereocenters. The molecule has 1 aliphatic rings. The van der Waals surface area contributed by atoms with Crippen LogP contribution in [0.5, 0.6) is 0 Å². The maximum absolute atomic E-state index is 13.9. The Bertz CT molecular complexity index is 774. The zero-order valence-electron chi connectivity index (χ0n) is 14.9. The van der Waals surface area contributed by atoms with Gasteiger partial charge in [-0.25, -0.2) is 8.78 Å². The van der Waals surface area contributed by atoms with Crippen molar-refractivity contribution in [1.29, 1.82) is 0 Å². The van der Waals surface area contributed by atoms with Gasteiger partial charge in [0.15, 0.2) is 0 Å². The van der Waals surface area contributed by atoms with Crippen molar-refractivity contribution in [3.05, 3.63) is 70.2 Å². The summed E-state index contributed by atoms with van der Waals surface area (Å²) in [4.78, 5) is 16.3. The molecule has 3 rings (SSSR count). The van der Waals surface area contributed by atoms with E-state index in [0.717, 1.165) is 13.1 Å². The molecule has 0 unspecified atom stereocenters. The highest BCUT2D eigenvalue weighted by atomic mass is 35.5. The molecule has 0 bridgehead atoms. The van der Waals surface area contributed by atoms with Crippen molar-refractivity contribution >= 4 is 17.5 Å². The van der Waals surface area contributed by atoms with Crippen molar-refractivity contribution in [2.45, 2.75) is 13.1 Å². The number of carbonyl (C=O) groups is 1. The van der Waals surface area contributed by atoms with Gasteiger partial charge in [0.2, 0.25) is 5.91 Å². The Labute approximate surface area is 162 Å². The summed E-state index contributed by atoms with van der Waals surface area (Å²) >= 11 is 6.09. The lowest BCUT2D eigenvalue weighted by Gasteiger charge is -2.34. The van der Waals surface area contributed by atoms with Gasteiger partial charge in [-0.1, -0.05) is 35.9 Å². The molecule has 1 amide bonds. The normalized spacial score (nSPS) is 15.7. The summed E-state index contributed by atoms with van der Waals surface area (Å²) in [5, 5.41) is 3.19. The quantitative estimate of drug-likeness (QED) is 0.819. The Morgan fingerprint density at radius 3 is 2.33 bits per heavy atom. The second kappa shape index (κ2) is 9.26. The molecule has 2 aromatic carbocycles. The van der Waals surface area contributed by atoms with Crippen molar-refractivity contribution in [2.75, 3.05) is 32.7 Å². The standard InChI is InChI=1S/C20H22ClF2N3O/c21-17-5-3-7-19(23)16(17)13-25-8-10-26(11-9-25)14-20(27)24-12-15-4-1-2-6-18(15)22/h1-7H,8-14H2,(H,24,27). The molecule has 27 heavy (non-hydrogen) atoms. The van der Waals surface area contributed by atoms with Crippen LogP contribution in [0.4, 0.5) is 8.78 Å². The fraction of sp³-hybridized carbons (Fsp3) is 0.350. The number of amides is 1. The summed E-state index contributed by atoms with van der Waals surface area (Å²) < 4.78 is 27.5. The molecule has 2 aromatic rings. The van der Waals surface area contributed by atoms with Crippen molar-refractivity contribution < 1.29 is 13.6 Å². The molecule has 1 heterocycles. The van der Waals surface area contributed by atoms with Crippen LogP contribution in [0.2, 0.25) is 5.02 Å². The maximum Gasteiger partial charge on any atom is 0.234 e. The van der Waals surface area contributed by atoms with Gasteiger partial charge in [-0.05, 0) is 18.2 Å². The van der Waals surface area contributed by atoms with Gasteiger partial charge in [-0.2, -0.15) is 0 Å². The van der Waals surface area contributed by atoms with E-state index < -0.39 is 0 Å². The summed E-state index contributed by atoms with van der Waals surface area (Å²) in [6.45, 7) is 3.77. The third-order valence-corrected chi connectivity index (χ3v) is 5.06. The first-order valence-electron chi connectivity index (χ1n) is 8.90. The van der Waals surface area contributed by atoms with Crippen molar-refractivity contribution in [3.8, 4) is 0 Å². The van der Waals surface area contributed by atoms with Crippen LogP contribution in [0, 0.1) is 11.6 Å². The zero-order valence-corrected chi connectivity index (χ0v) is 15.7. The van der Waals surface area contributed by atoms with Crippen LogP contribution in [0.15, 0.2) is 42.5 Å². The molecule has 1 N–H and O–H groups in total. The lowest BCUT2D eigenvalue weighted by Crippen LogP contribution is -2.49. The van der Waals surface area contributed by atoms with Crippen LogP contribution < -0.4 is 5.32 Å². The van der Waals surface area contributed by atoms with Crippen molar-refractivity contribution in [3.63, 3.8) is 0 Å². The number of nitrogens with zero attached hydrogens (tertiary/aromatic N) is 2. The first-order valence-corrected chi connectivity index (χ1v) is 9.28. The highest BCUT2D eigenvalue weighted by Gasteiger charge is 2.20. The van der Waals surface area contributed by atoms with Gasteiger partial charge >= 0.3 is 0 Å². The highest BCUT2D eigenvalue weighted by Crippen LogP contribution is 2.21. The maximum atomic E-state index is 13.9. The highest BCUT2D eigenvalue weighted by molar-refractivity contribution is 6.31. The predicted molar refractivity (Wildman–Crippen MR) is 101 cm³/mol. The van der Waals surface area contributed by atoms with Gasteiger partial charge < -0.3 is 5.32 Å². The van der Waals surface area contributed by atoms with Gasteiger partial charge in [0.25, 0.3) is 0 Å². The van der Waals surface area contributed by atoms with Crippen LogP contribution in [0.1, 0.15) is 11.1 Å². The largest absolute Gasteiger partial charge is 0.351 e. The molecule has 1 saturated heterocycles. The Hall–Kier alpha value is -2.02. The summed E-state index contributed by atoms with van der Waals surface area (Å²) in [5.74, 6) is -0.750. The van der Waals surface area contributed by atoms with Crippen LogP contribution in [0.25, 0.3) is 0 Å². The molecule has 4 nitrogen and oxygen atoms in total. The number of benzene rings is 2. The van der Waals surface area contributed by atoms with Crippen LogP contribution in [0.3, 0.4) is 0 Å². The van der Waals surface area contributed by atoms with E-state index in [2.05, 4.69) is 10.2 Å². The molecule has 0 saturated carbocycles. The van der Waals surface area contributed by atoms with E-state index in [1.54, 1.807) is 30.3 Å². The number of rotatable bonds is 6. The Kier molecular flexibility index (Phi) is 6.77. The smallest absolute Gasteiger partial charge is 0.234 e. The predicted octanol–water partition coefficient (Wildman–Crippen LogP) is 3.05. The molecule has 7 heteroatoms. The Balaban J connectivity index is 1.43. The van der Waals surface area contributed by atoms with E-state index in [9.17, 15) is 13.6 Å². The van der Waals surface area contributed by atoms with E-state index in [-0.39, 0.29) is 30.6 Å². The van der Waals surface area contributed by atoms with E-state index in [4.69, 9.17) is 11.6 Å². The Morgan fingerprint density at radius 2 is 1.63 bits per heavy atom. The minimum Gasteiger partial charge on any atom is -0.351 e. The first-order chi connectivity index (χ1) is 13.0. The Morgan fingerprint density at radius 1 is 0.963 bits per heavy atom. The van der Waals surface area contributed by atoms with E-state index in [1.807, 2.05) is 4.90 Å². The number of carbonyl (C=O) groups excluding carboxylic acids is 1. The lowest BCUT2D eigenvalue weighted by molar-refractivity contribution is -0.122. The van der Waals surface area contributed by atoms with E-state index >= 15 is 0 Å². The molecule has 144 valence electrons. The number of piperazine rings is 1. The molecule has 1 aliphatic heterocycles. The second-order valence-electron chi connectivity index (χ2n) is 6.62. The minimum atomic E-state index is -0.321. The van der Waals surface area contributed by atoms with Crippen LogP contribution in [-0.4, -0.2) is 48.4 Å². The SMILES string of the molecule is O=C(CN1CCN(Cc2c(F)cccc2Cl)CC1)NCc1ccccc1F. The summed E-state index contributed by atoms with van der Waals surface area (Å²) in [6.07, 6.45) is 0. The molecule has 0 spiro atoms. The topological polar surface area (TPSA) is 35.6 Å². The average Bonchev–Trinajstić information content (AvgIpc) is 2.65. The minimum absolute atomic E-state index is 0.135. The van der Waals surface area contributed by atoms with Gasteiger partial charge in [-0.3, -0.25) is 14.6 Å². The molecular formula is C20H22ClF2N3O. The van der Waals surface area contributed by atoms with Gasteiger partial charge in [0, 0.05) is 55.4 Å². The third kappa shape index (κ3) is 5.48. The zero-order chi connectivity index (χ0) is 19.2. The van der Waals surface area contributed by atoms with Crippen molar-refractivity contribution in [2.24, 2.45) is 0 Å². The van der Waals surface area contributed by atoms with Crippen LogP contribution in [-0.2, 0) is 17.9 Å². The average molecular weight is 394 g/mol. The fourth-order valence-corrected chi connectivity index (χ4v) is 3.33. The molecule has 0 radical (unpaired) electrons. The van der Waals surface area contributed by atoms with Crippen LogP contribution >= 0.6 is 11.6 Å². The molecule has 1 fully saturated rings. The number of hydrogen-bond acceptors (Lipinski definition) is 3. The van der Waals surface area contributed by atoms with Gasteiger partial charge in [0.1, 0.15) is 11.6 Å². The van der Waals surface area contributed by atoms with E-state index in [1.165, 1.54) is 12.1 Å². The van der Waals surface area contributed by atoms with E-state index in [0.29, 0.717) is 35.8 Å². The van der Waals surface area contributed by atoms with Crippen molar-refractivity contribution in [1.82, 2.24) is 15.1 Å². The monoisotopic (exact) mass is 393 g/mol. The fourth-order valence-electron chi connectivity index (χ4n) is 3.11. The summed E-state index contributed by atoms with van der Waals surface area (Å²) in [6, 6.07) is 11.1. The summed E-state index contributed by atoms with van der Waals surface area (Å²) in [5.41, 5.74) is 0.979. The van der Waals surface area contributed by atoms with Gasteiger partial charge in [-0.15, -0.1) is 0 Å². The molecule has 0 aromatic heterocycles. The first kappa shape index (κ1) is 19.7. The van der Waals surface area contributed by atoms with Gasteiger partial charge in [0.05, 0.1) is 6.54 Å². The summed E-state index contributed by atoms with van der Waals surface area (Å²) in [7, 11) is 0. The number of halogens is 3. The third-order valence-electron chi connectivity index (χ3n) is 4.71. The lowest BCUT2D eigenvalue weighted by atomic mass is 10.2. The molecular weight excluding hydrogens is 372 g/mol. The second-order valence-corrected chi connectivity index (χ2v) is 7.03.